The molecule has 186 valence electrons. The molecule has 0 saturated carbocycles. The third-order valence-electron chi connectivity index (χ3n) is 6.33. The van der Waals surface area contributed by atoms with E-state index in [0.717, 1.165) is 59.1 Å². The van der Waals surface area contributed by atoms with Crippen LogP contribution in [0.2, 0.25) is 0 Å². The SMILES string of the molecule is CCCc1cc(Cn2c(=O)ccc3c(CC)nc(CC)cc32)ccc1Oc1ccccc1CC(=O)O. The summed E-state index contributed by atoms with van der Waals surface area (Å²) in [5, 5.41) is 10.3. The van der Waals surface area contributed by atoms with Crippen LogP contribution in [-0.2, 0) is 37.0 Å². The van der Waals surface area contributed by atoms with E-state index in [1.807, 2.05) is 41.0 Å². The van der Waals surface area contributed by atoms with Crippen molar-refractivity contribution in [3.63, 3.8) is 0 Å². The van der Waals surface area contributed by atoms with E-state index in [4.69, 9.17) is 9.72 Å². The Labute approximate surface area is 211 Å². The van der Waals surface area contributed by atoms with Gasteiger partial charge < -0.3 is 14.4 Å². The third kappa shape index (κ3) is 5.48. The Kier molecular flexibility index (Phi) is 7.84. The van der Waals surface area contributed by atoms with Crippen LogP contribution in [0.4, 0.5) is 0 Å². The fourth-order valence-corrected chi connectivity index (χ4v) is 4.54. The van der Waals surface area contributed by atoms with Gasteiger partial charge in [-0.3, -0.25) is 14.6 Å². The Morgan fingerprint density at radius 2 is 1.72 bits per heavy atom. The number of para-hydroxylation sites is 1. The number of aliphatic carboxylic acids is 1. The van der Waals surface area contributed by atoms with Gasteiger partial charge in [-0.2, -0.15) is 0 Å². The van der Waals surface area contributed by atoms with Gasteiger partial charge in [0, 0.05) is 28.4 Å². The number of pyridine rings is 2. The second-order valence-electron chi connectivity index (χ2n) is 8.93. The summed E-state index contributed by atoms with van der Waals surface area (Å²) in [4.78, 5) is 29.0. The van der Waals surface area contributed by atoms with Crippen molar-refractivity contribution in [1.82, 2.24) is 9.55 Å². The fraction of sp³-hybridized carbons (Fsp3) is 0.300. The standard InChI is InChI=1S/C30H32N2O4/c1-4-9-21-16-20(12-14-28(21)36-27-11-8-7-10-22(27)17-30(34)35)19-32-26-18-23(5-2)31-25(6-3)24(26)13-15-29(32)33/h7-8,10-16,18H,4-6,9,17,19H2,1-3H3,(H,34,35). The van der Waals surface area contributed by atoms with Gasteiger partial charge in [0.2, 0.25) is 0 Å². The highest BCUT2D eigenvalue weighted by molar-refractivity contribution is 5.82. The van der Waals surface area contributed by atoms with Crippen LogP contribution in [-0.4, -0.2) is 20.6 Å². The summed E-state index contributed by atoms with van der Waals surface area (Å²) in [6.07, 6.45) is 3.24. The van der Waals surface area contributed by atoms with Crippen LogP contribution in [0.5, 0.6) is 11.5 Å². The van der Waals surface area contributed by atoms with E-state index in [9.17, 15) is 14.7 Å². The number of carbonyl (C=O) groups is 1. The van der Waals surface area contributed by atoms with Crippen molar-refractivity contribution in [1.29, 1.82) is 0 Å². The molecule has 6 nitrogen and oxygen atoms in total. The summed E-state index contributed by atoms with van der Waals surface area (Å²) >= 11 is 0. The van der Waals surface area contributed by atoms with Crippen molar-refractivity contribution < 1.29 is 14.6 Å². The first-order valence-electron chi connectivity index (χ1n) is 12.5. The van der Waals surface area contributed by atoms with Gasteiger partial charge in [-0.25, -0.2) is 0 Å². The van der Waals surface area contributed by atoms with Gasteiger partial charge in [-0.1, -0.05) is 57.5 Å². The lowest BCUT2D eigenvalue weighted by atomic mass is 10.0. The summed E-state index contributed by atoms with van der Waals surface area (Å²) in [5.74, 6) is 0.347. The minimum atomic E-state index is -0.900. The Morgan fingerprint density at radius 1 is 0.944 bits per heavy atom. The molecule has 0 radical (unpaired) electrons. The molecule has 0 fully saturated rings. The van der Waals surface area contributed by atoms with Crippen molar-refractivity contribution >= 4 is 16.9 Å². The number of carboxylic acid groups (broad SMARTS) is 1. The molecule has 0 aliphatic heterocycles. The Hall–Kier alpha value is -3.93. The normalized spacial score (nSPS) is 11.1. The van der Waals surface area contributed by atoms with Gasteiger partial charge >= 0.3 is 5.97 Å². The van der Waals surface area contributed by atoms with Crippen LogP contribution in [0.1, 0.15) is 55.3 Å². The highest BCUT2D eigenvalue weighted by Crippen LogP contribution is 2.30. The Morgan fingerprint density at radius 3 is 2.44 bits per heavy atom. The van der Waals surface area contributed by atoms with Gasteiger partial charge in [0.15, 0.2) is 0 Å². The molecule has 0 amide bonds. The molecule has 36 heavy (non-hydrogen) atoms. The monoisotopic (exact) mass is 484 g/mol. The molecule has 0 spiro atoms. The molecule has 0 saturated heterocycles. The minimum absolute atomic E-state index is 0.0437. The first-order valence-corrected chi connectivity index (χ1v) is 12.5. The summed E-state index contributed by atoms with van der Waals surface area (Å²) in [6.45, 7) is 6.71. The second kappa shape index (κ2) is 11.2. The number of carboxylic acids is 1. The molecule has 6 heteroatoms. The summed E-state index contributed by atoms with van der Waals surface area (Å²) in [5.41, 5.74) is 5.52. The van der Waals surface area contributed by atoms with Crippen molar-refractivity contribution in [2.24, 2.45) is 0 Å². The largest absolute Gasteiger partial charge is 0.481 e. The van der Waals surface area contributed by atoms with E-state index in [0.29, 0.717) is 23.6 Å². The van der Waals surface area contributed by atoms with Crippen LogP contribution >= 0.6 is 0 Å². The zero-order valence-corrected chi connectivity index (χ0v) is 21.1. The quantitative estimate of drug-likeness (QED) is 0.301. The van der Waals surface area contributed by atoms with E-state index in [1.54, 1.807) is 18.2 Å². The van der Waals surface area contributed by atoms with E-state index in [-0.39, 0.29) is 12.0 Å². The average Bonchev–Trinajstić information content (AvgIpc) is 2.87. The molecule has 2 heterocycles. The molecule has 0 unspecified atom stereocenters. The maximum absolute atomic E-state index is 13.0. The minimum Gasteiger partial charge on any atom is -0.481 e. The number of hydrogen-bond donors (Lipinski definition) is 1. The molecule has 1 N–H and O–H groups in total. The maximum atomic E-state index is 13.0. The lowest BCUT2D eigenvalue weighted by Crippen LogP contribution is -2.21. The van der Waals surface area contributed by atoms with E-state index >= 15 is 0 Å². The van der Waals surface area contributed by atoms with Crippen molar-refractivity contribution in [2.45, 2.75) is 59.4 Å². The number of aromatic nitrogens is 2. The van der Waals surface area contributed by atoms with Crippen LogP contribution in [0.25, 0.3) is 10.9 Å². The summed E-state index contributed by atoms with van der Waals surface area (Å²) < 4.78 is 8.04. The maximum Gasteiger partial charge on any atom is 0.307 e. The van der Waals surface area contributed by atoms with Crippen LogP contribution in [0.3, 0.4) is 0 Å². The topological polar surface area (TPSA) is 81.4 Å². The number of ether oxygens (including phenoxy) is 1. The van der Waals surface area contributed by atoms with Crippen molar-refractivity contribution in [3.05, 3.63) is 99.1 Å². The van der Waals surface area contributed by atoms with Crippen LogP contribution < -0.4 is 10.3 Å². The summed E-state index contributed by atoms with van der Waals surface area (Å²) in [7, 11) is 0. The van der Waals surface area contributed by atoms with Crippen LogP contribution in [0, 0.1) is 0 Å². The molecule has 0 bridgehead atoms. The smallest absolute Gasteiger partial charge is 0.307 e. The highest BCUT2D eigenvalue weighted by atomic mass is 16.5. The van der Waals surface area contributed by atoms with E-state index in [2.05, 4.69) is 26.8 Å². The molecule has 2 aromatic carbocycles. The third-order valence-corrected chi connectivity index (χ3v) is 6.33. The van der Waals surface area contributed by atoms with Gasteiger partial charge in [0.05, 0.1) is 18.5 Å². The van der Waals surface area contributed by atoms with Crippen molar-refractivity contribution in [2.75, 3.05) is 0 Å². The number of benzene rings is 2. The first-order chi connectivity index (χ1) is 17.4. The molecular formula is C30H32N2O4. The molecule has 0 aliphatic rings. The van der Waals surface area contributed by atoms with E-state index < -0.39 is 5.97 Å². The predicted molar refractivity (Wildman–Crippen MR) is 142 cm³/mol. The zero-order chi connectivity index (χ0) is 25.7. The lowest BCUT2D eigenvalue weighted by Gasteiger charge is -2.17. The molecule has 0 atom stereocenters. The highest BCUT2D eigenvalue weighted by Gasteiger charge is 2.14. The van der Waals surface area contributed by atoms with Gasteiger partial charge in [-0.15, -0.1) is 0 Å². The van der Waals surface area contributed by atoms with Crippen molar-refractivity contribution in [3.8, 4) is 11.5 Å². The molecular weight excluding hydrogens is 452 g/mol. The molecule has 4 rings (SSSR count). The van der Waals surface area contributed by atoms with Crippen LogP contribution in [0.15, 0.2) is 65.5 Å². The number of aryl methyl sites for hydroxylation is 3. The fourth-order valence-electron chi connectivity index (χ4n) is 4.54. The number of fused-ring (bicyclic) bond motifs is 1. The number of hydrogen-bond acceptors (Lipinski definition) is 4. The zero-order valence-electron chi connectivity index (χ0n) is 21.1. The molecule has 0 aliphatic carbocycles. The first kappa shape index (κ1) is 25.2. The van der Waals surface area contributed by atoms with E-state index in [1.165, 1.54) is 0 Å². The number of rotatable bonds is 10. The Bertz CT molecular complexity index is 1460. The summed E-state index contributed by atoms with van der Waals surface area (Å²) in [6, 6.07) is 18.7. The van der Waals surface area contributed by atoms with Gasteiger partial charge in [0.25, 0.3) is 5.56 Å². The average molecular weight is 485 g/mol. The lowest BCUT2D eigenvalue weighted by molar-refractivity contribution is -0.136. The molecule has 2 aromatic heterocycles. The second-order valence-corrected chi connectivity index (χ2v) is 8.93. The van der Waals surface area contributed by atoms with Gasteiger partial charge in [-0.05, 0) is 54.7 Å². The number of nitrogens with zero attached hydrogens (tertiary/aromatic N) is 2. The van der Waals surface area contributed by atoms with Gasteiger partial charge in [0.1, 0.15) is 11.5 Å². The Balaban J connectivity index is 1.72. The molecule has 4 aromatic rings. The predicted octanol–water partition coefficient (Wildman–Crippen LogP) is 5.94.